The third kappa shape index (κ3) is 2.38. The molecule has 0 amide bonds. The molecule has 1 heterocycles. The maximum atomic E-state index is 10.7. The van der Waals surface area contributed by atoms with Crippen LogP contribution in [0, 0.1) is 0 Å². The largest absolute Gasteiger partial charge is 0.385 e. The number of hydrogen-bond acceptors (Lipinski definition) is 3. The van der Waals surface area contributed by atoms with Crippen LogP contribution in [0.2, 0.25) is 0 Å². The van der Waals surface area contributed by atoms with E-state index in [1.54, 1.807) is 6.20 Å². The molecule has 0 aliphatic carbocycles. The number of aliphatic hydroxyl groups is 1. The summed E-state index contributed by atoms with van der Waals surface area (Å²) in [5.74, 6) is 0. The van der Waals surface area contributed by atoms with Crippen molar-refractivity contribution >= 4 is 0 Å². The first kappa shape index (κ1) is 14.2. The van der Waals surface area contributed by atoms with Gasteiger partial charge in [0.1, 0.15) is 6.10 Å². The van der Waals surface area contributed by atoms with Gasteiger partial charge in [-0.1, -0.05) is 13.8 Å². The summed E-state index contributed by atoms with van der Waals surface area (Å²) in [6.45, 7) is 7.08. The Morgan fingerprint density at radius 1 is 1.35 bits per heavy atom. The molecular formula is C13H25N3O. The topological polar surface area (TPSA) is 41.3 Å². The third-order valence-corrected chi connectivity index (χ3v) is 3.95. The fraction of sp³-hybridized carbons (Fsp3) is 0.769. The first-order chi connectivity index (χ1) is 8.03. The van der Waals surface area contributed by atoms with Crippen LogP contribution in [0.3, 0.4) is 0 Å². The number of nitrogens with zero attached hydrogens (tertiary/aromatic N) is 3. The summed E-state index contributed by atoms with van der Waals surface area (Å²) >= 11 is 0. The standard InChI is InChI=1S/C13H25N3O/c1-6-13(7-2,15(4)5)12(17)11-9-10-14-16(11)8-3/h9-10,12,17H,6-8H2,1-5H3. The summed E-state index contributed by atoms with van der Waals surface area (Å²) in [4.78, 5) is 2.13. The minimum absolute atomic E-state index is 0.215. The zero-order chi connectivity index (χ0) is 13.1. The van der Waals surface area contributed by atoms with E-state index in [0.717, 1.165) is 25.1 Å². The van der Waals surface area contributed by atoms with Crippen molar-refractivity contribution in [3.8, 4) is 0 Å². The van der Waals surface area contributed by atoms with Gasteiger partial charge in [0.15, 0.2) is 0 Å². The lowest BCUT2D eigenvalue weighted by molar-refractivity contribution is -0.0197. The van der Waals surface area contributed by atoms with Crippen molar-refractivity contribution in [2.24, 2.45) is 0 Å². The van der Waals surface area contributed by atoms with Crippen molar-refractivity contribution in [1.29, 1.82) is 0 Å². The summed E-state index contributed by atoms with van der Waals surface area (Å²) in [6.07, 6.45) is 3.07. The Hall–Kier alpha value is -0.870. The van der Waals surface area contributed by atoms with Crippen LogP contribution in [0.5, 0.6) is 0 Å². The van der Waals surface area contributed by atoms with Gasteiger partial charge in [-0.3, -0.25) is 4.68 Å². The number of hydrogen-bond donors (Lipinski definition) is 1. The lowest BCUT2D eigenvalue weighted by atomic mass is 9.83. The Morgan fingerprint density at radius 2 is 1.94 bits per heavy atom. The van der Waals surface area contributed by atoms with E-state index < -0.39 is 6.10 Å². The SMILES string of the molecule is CCn1nccc1C(O)C(CC)(CC)N(C)C. The number of aromatic nitrogens is 2. The Labute approximate surface area is 104 Å². The molecule has 0 aliphatic heterocycles. The van der Waals surface area contributed by atoms with Gasteiger partial charge in [0, 0.05) is 12.7 Å². The second kappa shape index (κ2) is 5.65. The van der Waals surface area contributed by atoms with Crippen molar-refractivity contribution in [3.05, 3.63) is 18.0 Å². The molecule has 0 aliphatic rings. The van der Waals surface area contributed by atoms with Crippen LogP contribution in [0.15, 0.2) is 12.3 Å². The molecule has 0 saturated carbocycles. The van der Waals surface area contributed by atoms with E-state index in [9.17, 15) is 5.11 Å². The van der Waals surface area contributed by atoms with Crippen molar-refractivity contribution in [2.45, 2.75) is 51.8 Å². The zero-order valence-electron chi connectivity index (χ0n) is 11.6. The van der Waals surface area contributed by atoms with Crippen LogP contribution in [-0.2, 0) is 6.54 Å². The van der Waals surface area contributed by atoms with E-state index >= 15 is 0 Å². The molecule has 0 fully saturated rings. The first-order valence-corrected chi connectivity index (χ1v) is 6.40. The van der Waals surface area contributed by atoms with E-state index in [1.165, 1.54) is 0 Å². The highest BCUT2D eigenvalue weighted by molar-refractivity contribution is 5.12. The molecule has 1 aromatic rings. The van der Waals surface area contributed by atoms with Gasteiger partial charge in [0.2, 0.25) is 0 Å². The number of likely N-dealkylation sites (N-methyl/N-ethyl adjacent to an activating group) is 1. The molecule has 1 aromatic heterocycles. The van der Waals surface area contributed by atoms with Gasteiger partial charge in [-0.15, -0.1) is 0 Å². The second-order valence-electron chi connectivity index (χ2n) is 4.68. The van der Waals surface area contributed by atoms with Crippen LogP contribution in [0.1, 0.15) is 45.4 Å². The van der Waals surface area contributed by atoms with Crippen molar-refractivity contribution in [2.75, 3.05) is 14.1 Å². The Balaban J connectivity index is 3.12. The maximum Gasteiger partial charge on any atom is 0.114 e. The highest BCUT2D eigenvalue weighted by Crippen LogP contribution is 2.35. The highest BCUT2D eigenvalue weighted by Gasteiger charge is 2.39. The normalized spacial score (nSPS) is 14.3. The first-order valence-electron chi connectivity index (χ1n) is 6.40. The van der Waals surface area contributed by atoms with E-state index in [1.807, 2.05) is 31.8 Å². The van der Waals surface area contributed by atoms with Crippen molar-refractivity contribution in [1.82, 2.24) is 14.7 Å². The summed E-state index contributed by atoms with van der Waals surface area (Å²) in [7, 11) is 4.06. The molecule has 1 unspecified atom stereocenters. The molecule has 4 nitrogen and oxygen atoms in total. The maximum absolute atomic E-state index is 10.7. The Bertz CT molecular complexity index is 342. The molecule has 1 rings (SSSR count). The van der Waals surface area contributed by atoms with Crippen molar-refractivity contribution < 1.29 is 5.11 Å². The Kier molecular flexibility index (Phi) is 4.71. The van der Waals surface area contributed by atoms with Gasteiger partial charge in [0.05, 0.1) is 11.2 Å². The molecule has 0 aromatic carbocycles. The molecule has 17 heavy (non-hydrogen) atoms. The van der Waals surface area contributed by atoms with Crippen LogP contribution >= 0.6 is 0 Å². The minimum Gasteiger partial charge on any atom is -0.385 e. The molecule has 0 saturated heterocycles. The summed E-state index contributed by atoms with van der Waals surface area (Å²) < 4.78 is 1.87. The molecule has 0 spiro atoms. The average molecular weight is 239 g/mol. The zero-order valence-corrected chi connectivity index (χ0v) is 11.6. The van der Waals surface area contributed by atoms with Gasteiger partial charge in [-0.2, -0.15) is 5.10 Å². The van der Waals surface area contributed by atoms with Crippen LogP contribution < -0.4 is 0 Å². The number of aryl methyl sites for hydroxylation is 1. The van der Waals surface area contributed by atoms with E-state index in [4.69, 9.17) is 0 Å². The molecule has 1 atom stereocenters. The highest BCUT2D eigenvalue weighted by atomic mass is 16.3. The minimum atomic E-state index is -0.505. The van der Waals surface area contributed by atoms with E-state index in [-0.39, 0.29) is 5.54 Å². The van der Waals surface area contributed by atoms with Gasteiger partial charge in [-0.05, 0) is 39.9 Å². The quantitative estimate of drug-likeness (QED) is 0.826. The fourth-order valence-electron chi connectivity index (χ4n) is 2.63. The average Bonchev–Trinajstić information content (AvgIpc) is 2.78. The monoisotopic (exact) mass is 239 g/mol. The molecule has 4 heteroatoms. The molecule has 98 valence electrons. The number of aliphatic hydroxyl groups excluding tert-OH is 1. The van der Waals surface area contributed by atoms with Gasteiger partial charge >= 0.3 is 0 Å². The summed E-state index contributed by atoms with van der Waals surface area (Å²) in [5, 5.41) is 14.9. The molecule has 0 bridgehead atoms. The number of rotatable bonds is 6. The summed E-state index contributed by atoms with van der Waals surface area (Å²) in [5.41, 5.74) is 0.692. The van der Waals surface area contributed by atoms with Crippen molar-refractivity contribution in [3.63, 3.8) is 0 Å². The van der Waals surface area contributed by atoms with E-state index in [2.05, 4.69) is 23.8 Å². The lowest BCUT2D eigenvalue weighted by Gasteiger charge is -2.42. The lowest BCUT2D eigenvalue weighted by Crippen LogP contribution is -2.48. The predicted molar refractivity (Wildman–Crippen MR) is 69.9 cm³/mol. The van der Waals surface area contributed by atoms with Gasteiger partial charge in [0.25, 0.3) is 0 Å². The van der Waals surface area contributed by atoms with Gasteiger partial charge < -0.3 is 10.0 Å². The van der Waals surface area contributed by atoms with Crippen LogP contribution in [-0.4, -0.2) is 39.4 Å². The van der Waals surface area contributed by atoms with Crippen LogP contribution in [0.4, 0.5) is 0 Å². The van der Waals surface area contributed by atoms with E-state index in [0.29, 0.717) is 0 Å². The summed E-state index contributed by atoms with van der Waals surface area (Å²) in [6, 6.07) is 1.91. The predicted octanol–water partition coefficient (Wildman–Crippen LogP) is 2.06. The molecular weight excluding hydrogens is 214 g/mol. The molecule has 0 radical (unpaired) electrons. The molecule has 1 N–H and O–H groups in total. The smallest absolute Gasteiger partial charge is 0.114 e. The Morgan fingerprint density at radius 3 is 2.35 bits per heavy atom. The third-order valence-electron chi connectivity index (χ3n) is 3.95. The van der Waals surface area contributed by atoms with Gasteiger partial charge in [-0.25, -0.2) is 0 Å². The van der Waals surface area contributed by atoms with Crippen LogP contribution in [0.25, 0.3) is 0 Å². The fourth-order valence-corrected chi connectivity index (χ4v) is 2.63. The second-order valence-corrected chi connectivity index (χ2v) is 4.68.